The van der Waals surface area contributed by atoms with Crippen LogP contribution in [0.15, 0.2) is 54.6 Å². The first-order chi connectivity index (χ1) is 16.9. The van der Waals surface area contributed by atoms with Crippen molar-refractivity contribution in [2.24, 2.45) is 5.92 Å². The lowest BCUT2D eigenvalue weighted by molar-refractivity contribution is 0.00681. The molecule has 2 aromatic carbocycles. The topological polar surface area (TPSA) is 69.0 Å². The van der Waals surface area contributed by atoms with Crippen molar-refractivity contribution in [1.82, 2.24) is 14.7 Å². The molecule has 190 valence electrons. The summed E-state index contributed by atoms with van der Waals surface area (Å²) in [4.78, 5) is 2.24. The molecule has 1 aromatic heterocycles. The molecule has 1 atom stereocenters. The molecule has 0 radical (unpaired) electrons. The number of ether oxygens (including phenoxy) is 3. The smallest absolute Gasteiger partial charge is 0.227 e. The summed E-state index contributed by atoms with van der Waals surface area (Å²) >= 11 is 0. The Balaban J connectivity index is 1.87. The number of methoxy groups -OCH3 is 1. The molecule has 0 aliphatic heterocycles. The van der Waals surface area contributed by atoms with Gasteiger partial charge in [0.2, 0.25) is 5.88 Å². The normalized spacial score (nSPS) is 12.3. The van der Waals surface area contributed by atoms with Crippen molar-refractivity contribution in [2.75, 3.05) is 33.4 Å². The summed E-state index contributed by atoms with van der Waals surface area (Å²) in [7, 11) is 1.65. The number of aliphatic hydroxyl groups is 1. The van der Waals surface area contributed by atoms with Gasteiger partial charge >= 0.3 is 0 Å². The Morgan fingerprint density at radius 3 is 2.31 bits per heavy atom. The molecule has 0 spiro atoms. The third-order valence-corrected chi connectivity index (χ3v) is 5.56. The van der Waals surface area contributed by atoms with Crippen LogP contribution in [0.25, 0.3) is 5.69 Å². The van der Waals surface area contributed by atoms with Crippen molar-refractivity contribution in [1.29, 1.82) is 0 Å². The molecule has 3 aromatic rings. The lowest BCUT2D eigenvalue weighted by Gasteiger charge is -2.25. The standard InChI is InChI=1S/C28H39N3O4/c1-6-16-30(17-24(32)20-34-19-21(2)3)18-27-22(4)29-31(23-10-8-7-9-11-23)28(27)35-26-14-12-25(33-5)13-15-26/h7-15,21,24,32H,6,16-20H2,1-5H3/t24-/m0/s1. The van der Waals surface area contributed by atoms with Crippen molar-refractivity contribution in [2.45, 2.75) is 46.8 Å². The van der Waals surface area contributed by atoms with E-state index in [4.69, 9.17) is 19.3 Å². The Labute approximate surface area is 209 Å². The fraction of sp³-hybridized carbons (Fsp3) is 0.464. The van der Waals surface area contributed by atoms with Crippen LogP contribution in [-0.2, 0) is 11.3 Å². The van der Waals surface area contributed by atoms with E-state index in [-0.39, 0.29) is 0 Å². The minimum atomic E-state index is -0.560. The molecule has 0 fully saturated rings. The molecule has 0 unspecified atom stereocenters. The van der Waals surface area contributed by atoms with Gasteiger partial charge in [-0.2, -0.15) is 5.10 Å². The maximum Gasteiger partial charge on any atom is 0.227 e. The van der Waals surface area contributed by atoms with Crippen LogP contribution in [0.2, 0.25) is 0 Å². The number of hydrogen-bond acceptors (Lipinski definition) is 6. The summed E-state index contributed by atoms with van der Waals surface area (Å²) in [6.45, 7) is 11.3. The Bertz CT molecular complexity index is 1020. The number of rotatable bonds is 14. The highest BCUT2D eigenvalue weighted by molar-refractivity contribution is 5.44. The molecule has 35 heavy (non-hydrogen) atoms. The molecule has 1 N–H and O–H groups in total. The molecule has 0 saturated carbocycles. The number of para-hydroxylation sites is 1. The summed E-state index contributed by atoms with van der Waals surface area (Å²) in [6, 6.07) is 17.5. The SMILES string of the molecule is CCCN(Cc1c(C)nn(-c2ccccc2)c1Oc1ccc(OC)cc1)C[C@H](O)COCC(C)C. The molecular formula is C28H39N3O4. The van der Waals surface area contributed by atoms with E-state index in [2.05, 4.69) is 25.7 Å². The van der Waals surface area contributed by atoms with Crippen LogP contribution < -0.4 is 9.47 Å². The highest BCUT2D eigenvalue weighted by atomic mass is 16.5. The van der Waals surface area contributed by atoms with Crippen LogP contribution >= 0.6 is 0 Å². The van der Waals surface area contributed by atoms with Crippen LogP contribution in [0.5, 0.6) is 17.4 Å². The van der Waals surface area contributed by atoms with Crippen LogP contribution in [0.3, 0.4) is 0 Å². The molecule has 0 bridgehead atoms. The van der Waals surface area contributed by atoms with Crippen LogP contribution in [0.4, 0.5) is 0 Å². The fourth-order valence-corrected chi connectivity index (χ4v) is 3.89. The molecule has 0 aliphatic rings. The van der Waals surface area contributed by atoms with Gasteiger partial charge < -0.3 is 19.3 Å². The second-order valence-corrected chi connectivity index (χ2v) is 9.21. The molecule has 1 heterocycles. The summed E-state index contributed by atoms with van der Waals surface area (Å²) in [5.74, 6) is 2.59. The van der Waals surface area contributed by atoms with Crippen molar-refractivity contribution in [3.8, 4) is 23.1 Å². The third-order valence-electron chi connectivity index (χ3n) is 5.56. The highest BCUT2D eigenvalue weighted by Crippen LogP contribution is 2.32. The predicted octanol–water partition coefficient (Wildman–Crippen LogP) is 5.23. The van der Waals surface area contributed by atoms with Gasteiger partial charge in [-0.05, 0) is 62.2 Å². The molecule has 0 saturated heterocycles. The number of aromatic nitrogens is 2. The largest absolute Gasteiger partial charge is 0.497 e. The Morgan fingerprint density at radius 1 is 1.00 bits per heavy atom. The van der Waals surface area contributed by atoms with E-state index in [1.165, 1.54) is 0 Å². The van der Waals surface area contributed by atoms with E-state index in [9.17, 15) is 5.11 Å². The molecule has 7 heteroatoms. The van der Waals surface area contributed by atoms with Crippen molar-refractivity contribution < 1.29 is 19.3 Å². The quantitative estimate of drug-likeness (QED) is 0.340. The van der Waals surface area contributed by atoms with E-state index in [0.29, 0.717) is 43.9 Å². The van der Waals surface area contributed by atoms with E-state index >= 15 is 0 Å². The molecule has 3 rings (SSSR count). The summed E-state index contributed by atoms with van der Waals surface area (Å²) in [6.07, 6.45) is 0.413. The van der Waals surface area contributed by atoms with Crippen LogP contribution in [-0.4, -0.2) is 59.3 Å². The average molecular weight is 482 g/mol. The predicted molar refractivity (Wildman–Crippen MR) is 139 cm³/mol. The average Bonchev–Trinajstić information content (AvgIpc) is 3.15. The zero-order valence-electron chi connectivity index (χ0n) is 21.6. The van der Waals surface area contributed by atoms with Gasteiger partial charge in [-0.3, -0.25) is 4.90 Å². The monoisotopic (exact) mass is 481 g/mol. The summed E-state index contributed by atoms with van der Waals surface area (Å²) < 4.78 is 19.2. The number of aliphatic hydroxyl groups excluding tert-OH is 1. The van der Waals surface area contributed by atoms with E-state index in [1.54, 1.807) is 7.11 Å². The first-order valence-electron chi connectivity index (χ1n) is 12.3. The molecular weight excluding hydrogens is 442 g/mol. The number of aryl methyl sites for hydroxylation is 1. The minimum Gasteiger partial charge on any atom is -0.497 e. The number of benzene rings is 2. The maximum absolute atomic E-state index is 10.6. The summed E-state index contributed by atoms with van der Waals surface area (Å²) in [5, 5.41) is 15.4. The van der Waals surface area contributed by atoms with Gasteiger partial charge in [0.15, 0.2) is 0 Å². The summed E-state index contributed by atoms with van der Waals surface area (Å²) in [5.41, 5.74) is 2.81. The van der Waals surface area contributed by atoms with Gasteiger partial charge in [-0.15, -0.1) is 0 Å². The first kappa shape index (κ1) is 26.7. The molecule has 0 aliphatic carbocycles. The zero-order chi connectivity index (χ0) is 25.2. The zero-order valence-corrected chi connectivity index (χ0v) is 21.6. The van der Waals surface area contributed by atoms with Gasteiger partial charge in [0, 0.05) is 19.7 Å². The second-order valence-electron chi connectivity index (χ2n) is 9.21. The van der Waals surface area contributed by atoms with E-state index in [0.717, 1.165) is 35.7 Å². The van der Waals surface area contributed by atoms with Gasteiger partial charge in [0.25, 0.3) is 0 Å². The van der Waals surface area contributed by atoms with Crippen molar-refractivity contribution >= 4 is 0 Å². The van der Waals surface area contributed by atoms with Crippen molar-refractivity contribution in [3.63, 3.8) is 0 Å². The van der Waals surface area contributed by atoms with E-state index < -0.39 is 6.10 Å². The Morgan fingerprint density at radius 2 is 1.69 bits per heavy atom. The van der Waals surface area contributed by atoms with Crippen molar-refractivity contribution in [3.05, 3.63) is 65.9 Å². The van der Waals surface area contributed by atoms with Crippen LogP contribution in [0.1, 0.15) is 38.4 Å². The molecule has 0 amide bonds. The number of nitrogens with zero attached hydrogens (tertiary/aromatic N) is 3. The van der Waals surface area contributed by atoms with E-state index in [1.807, 2.05) is 66.2 Å². The maximum atomic E-state index is 10.6. The third kappa shape index (κ3) is 7.82. The van der Waals surface area contributed by atoms with Crippen LogP contribution in [0, 0.1) is 12.8 Å². The first-order valence-corrected chi connectivity index (χ1v) is 12.3. The van der Waals surface area contributed by atoms with Gasteiger partial charge in [0.1, 0.15) is 11.5 Å². The Hall–Kier alpha value is -2.87. The second kappa shape index (κ2) is 13.3. The Kier molecular flexibility index (Phi) is 10.1. The number of hydrogen-bond donors (Lipinski definition) is 1. The molecule has 7 nitrogen and oxygen atoms in total. The lowest BCUT2D eigenvalue weighted by Crippen LogP contribution is -2.35. The highest BCUT2D eigenvalue weighted by Gasteiger charge is 2.22. The lowest BCUT2D eigenvalue weighted by atomic mass is 10.2. The van der Waals surface area contributed by atoms with Gasteiger partial charge in [-0.25, -0.2) is 4.68 Å². The minimum absolute atomic E-state index is 0.329. The van der Waals surface area contributed by atoms with Gasteiger partial charge in [-0.1, -0.05) is 39.0 Å². The van der Waals surface area contributed by atoms with Gasteiger partial charge in [0.05, 0.1) is 36.8 Å². The fourth-order valence-electron chi connectivity index (χ4n) is 3.89.